The van der Waals surface area contributed by atoms with Crippen molar-refractivity contribution in [2.75, 3.05) is 5.32 Å². The predicted molar refractivity (Wildman–Crippen MR) is 99.3 cm³/mol. The monoisotopic (exact) mass is 360 g/mol. The van der Waals surface area contributed by atoms with Crippen molar-refractivity contribution in [1.82, 2.24) is 4.98 Å². The molecule has 0 aliphatic carbocycles. The molecule has 1 amide bonds. The van der Waals surface area contributed by atoms with E-state index in [1.807, 2.05) is 44.2 Å². The summed E-state index contributed by atoms with van der Waals surface area (Å²) in [7, 11) is 0. The Bertz CT molecular complexity index is 907. The fourth-order valence-electron chi connectivity index (χ4n) is 2.20. The zero-order valence-electron chi connectivity index (χ0n) is 13.6. The number of nitrogens with zero attached hydrogens (tertiary/aromatic N) is 1. The number of hydrogen-bond acceptors (Lipinski definition) is 4. The van der Waals surface area contributed by atoms with E-state index in [4.69, 9.17) is 16.3 Å². The van der Waals surface area contributed by atoms with Crippen molar-refractivity contribution in [2.45, 2.75) is 26.9 Å². The highest BCUT2D eigenvalue weighted by Crippen LogP contribution is 2.28. The second-order valence-electron chi connectivity index (χ2n) is 5.63. The number of aromatic nitrogens is 1. The van der Waals surface area contributed by atoms with Gasteiger partial charge in [-0.3, -0.25) is 10.1 Å². The van der Waals surface area contributed by atoms with E-state index in [9.17, 15) is 4.79 Å². The van der Waals surface area contributed by atoms with Gasteiger partial charge in [0.25, 0.3) is 5.91 Å². The molecule has 0 fully saturated rings. The standard InChI is InChI=1S/C18H17ClN2O2S/c1-10-4-6-14(8-11(10)2)23-12(3)17(22)21-18-20-15-7-5-13(19)9-16(15)24-18/h4-9,12H,1-3H3,(H,20,21,22). The molecule has 4 nitrogen and oxygen atoms in total. The van der Waals surface area contributed by atoms with E-state index in [1.165, 1.54) is 16.9 Å². The fraction of sp³-hybridized carbons (Fsp3) is 0.222. The molecule has 1 N–H and O–H groups in total. The molecule has 0 bridgehead atoms. The molecule has 0 radical (unpaired) electrons. The van der Waals surface area contributed by atoms with Crippen molar-refractivity contribution in [3.05, 3.63) is 52.5 Å². The number of benzene rings is 2. The van der Waals surface area contributed by atoms with Gasteiger partial charge in [-0.05, 0) is 62.2 Å². The summed E-state index contributed by atoms with van der Waals surface area (Å²) in [6.45, 7) is 5.77. The van der Waals surface area contributed by atoms with Gasteiger partial charge in [-0.25, -0.2) is 4.98 Å². The maximum absolute atomic E-state index is 12.3. The molecular formula is C18H17ClN2O2S. The van der Waals surface area contributed by atoms with Crippen LogP contribution in [0, 0.1) is 13.8 Å². The first-order valence-electron chi connectivity index (χ1n) is 7.53. The van der Waals surface area contributed by atoms with E-state index in [1.54, 1.807) is 13.0 Å². The molecule has 0 aliphatic heterocycles. The fourth-order valence-corrected chi connectivity index (χ4v) is 3.35. The molecule has 0 aliphatic rings. The Hall–Kier alpha value is -2.11. The highest BCUT2D eigenvalue weighted by molar-refractivity contribution is 7.22. The Kier molecular flexibility index (Phi) is 4.73. The second kappa shape index (κ2) is 6.79. The van der Waals surface area contributed by atoms with Crippen LogP contribution in [0.25, 0.3) is 10.2 Å². The average Bonchev–Trinajstić information content (AvgIpc) is 2.92. The lowest BCUT2D eigenvalue weighted by Crippen LogP contribution is -2.30. The summed E-state index contributed by atoms with van der Waals surface area (Å²) in [5.74, 6) is 0.440. The highest BCUT2D eigenvalue weighted by Gasteiger charge is 2.17. The van der Waals surface area contributed by atoms with Crippen LogP contribution in [0.3, 0.4) is 0 Å². The molecule has 0 saturated heterocycles. The normalized spacial score (nSPS) is 12.2. The number of ether oxygens (including phenoxy) is 1. The summed E-state index contributed by atoms with van der Waals surface area (Å²) in [5, 5.41) is 3.98. The first-order chi connectivity index (χ1) is 11.4. The van der Waals surface area contributed by atoms with Gasteiger partial charge < -0.3 is 4.74 Å². The number of halogens is 1. The third-order valence-corrected chi connectivity index (χ3v) is 4.91. The lowest BCUT2D eigenvalue weighted by atomic mass is 10.1. The van der Waals surface area contributed by atoms with Crippen LogP contribution >= 0.6 is 22.9 Å². The molecule has 24 heavy (non-hydrogen) atoms. The van der Waals surface area contributed by atoms with Gasteiger partial charge in [0.05, 0.1) is 10.2 Å². The van der Waals surface area contributed by atoms with Crippen molar-refractivity contribution >= 4 is 44.2 Å². The third kappa shape index (κ3) is 3.68. The number of nitrogens with one attached hydrogen (secondary N) is 1. The average molecular weight is 361 g/mol. The summed E-state index contributed by atoms with van der Waals surface area (Å²) in [4.78, 5) is 16.7. The molecule has 1 atom stereocenters. The van der Waals surface area contributed by atoms with Gasteiger partial charge in [0.15, 0.2) is 11.2 Å². The smallest absolute Gasteiger partial charge is 0.266 e. The number of rotatable bonds is 4. The van der Waals surface area contributed by atoms with Crippen LogP contribution in [0.1, 0.15) is 18.1 Å². The predicted octanol–water partition coefficient (Wildman–Crippen LogP) is 4.97. The van der Waals surface area contributed by atoms with Gasteiger partial charge in [-0.2, -0.15) is 0 Å². The topological polar surface area (TPSA) is 51.2 Å². The van der Waals surface area contributed by atoms with Crippen LogP contribution in [0.2, 0.25) is 5.02 Å². The summed E-state index contributed by atoms with van der Waals surface area (Å²) in [6.07, 6.45) is -0.622. The quantitative estimate of drug-likeness (QED) is 0.714. The number of anilines is 1. The lowest BCUT2D eigenvalue weighted by molar-refractivity contribution is -0.122. The van der Waals surface area contributed by atoms with Crippen molar-refractivity contribution in [2.24, 2.45) is 0 Å². The van der Waals surface area contributed by atoms with Crippen molar-refractivity contribution in [3.63, 3.8) is 0 Å². The Balaban J connectivity index is 1.69. The minimum atomic E-state index is -0.622. The summed E-state index contributed by atoms with van der Waals surface area (Å²) in [6, 6.07) is 11.2. The third-order valence-electron chi connectivity index (χ3n) is 3.74. The summed E-state index contributed by atoms with van der Waals surface area (Å²) < 4.78 is 6.65. The molecule has 2 aromatic carbocycles. The number of aryl methyl sites for hydroxylation is 2. The minimum absolute atomic E-state index is 0.238. The molecule has 3 aromatic rings. The van der Waals surface area contributed by atoms with E-state index in [0.29, 0.717) is 15.9 Å². The molecule has 1 aromatic heterocycles. The zero-order chi connectivity index (χ0) is 17.3. The van der Waals surface area contributed by atoms with Crippen LogP contribution < -0.4 is 10.1 Å². The number of amides is 1. The molecule has 3 rings (SSSR count). The molecular weight excluding hydrogens is 344 g/mol. The van der Waals surface area contributed by atoms with Gasteiger partial charge in [0.1, 0.15) is 5.75 Å². The maximum Gasteiger partial charge on any atom is 0.266 e. The van der Waals surface area contributed by atoms with Gasteiger partial charge >= 0.3 is 0 Å². The molecule has 0 saturated carbocycles. The van der Waals surface area contributed by atoms with Crippen LogP contribution in [0.4, 0.5) is 5.13 Å². The number of carbonyl (C=O) groups excluding carboxylic acids is 1. The van der Waals surface area contributed by atoms with E-state index in [0.717, 1.165) is 15.8 Å². The highest BCUT2D eigenvalue weighted by atomic mass is 35.5. The van der Waals surface area contributed by atoms with Crippen molar-refractivity contribution < 1.29 is 9.53 Å². The minimum Gasteiger partial charge on any atom is -0.481 e. The number of hydrogen-bond donors (Lipinski definition) is 1. The van der Waals surface area contributed by atoms with Gasteiger partial charge in [0, 0.05) is 5.02 Å². The van der Waals surface area contributed by atoms with Crippen molar-refractivity contribution in [1.29, 1.82) is 0 Å². The number of fused-ring (bicyclic) bond motifs is 1. The maximum atomic E-state index is 12.3. The van der Waals surface area contributed by atoms with E-state index >= 15 is 0 Å². The van der Waals surface area contributed by atoms with Gasteiger partial charge in [0.2, 0.25) is 0 Å². The van der Waals surface area contributed by atoms with E-state index < -0.39 is 6.10 Å². The molecule has 6 heteroatoms. The van der Waals surface area contributed by atoms with Crippen LogP contribution in [-0.4, -0.2) is 17.0 Å². The molecule has 1 heterocycles. The summed E-state index contributed by atoms with van der Waals surface area (Å²) >= 11 is 7.35. The molecule has 1 unspecified atom stereocenters. The first kappa shape index (κ1) is 16.7. The van der Waals surface area contributed by atoms with Gasteiger partial charge in [-0.1, -0.05) is 29.0 Å². The lowest BCUT2D eigenvalue weighted by Gasteiger charge is -2.14. The van der Waals surface area contributed by atoms with Crippen LogP contribution in [0.5, 0.6) is 5.75 Å². The Morgan fingerprint density at radius 3 is 2.75 bits per heavy atom. The Morgan fingerprint density at radius 2 is 2.00 bits per heavy atom. The Morgan fingerprint density at radius 1 is 1.21 bits per heavy atom. The van der Waals surface area contributed by atoms with E-state index in [2.05, 4.69) is 10.3 Å². The Labute approximate surface area is 149 Å². The molecule has 124 valence electrons. The zero-order valence-corrected chi connectivity index (χ0v) is 15.2. The van der Waals surface area contributed by atoms with Crippen molar-refractivity contribution in [3.8, 4) is 5.75 Å². The van der Waals surface area contributed by atoms with Crippen LogP contribution in [0.15, 0.2) is 36.4 Å². The summed E-state index contributed by atoms with van der Waals surface area (Å²) in [5.41, 5.74) is 3.12. The second-order valence-corrected chi connectivity index (χ2v) is 7.09. The first-order valence-corrected chi connectivity index (χ1v) is 8.72. The number of carbonyl (C=O) groups is 1. The van der Waals surface area contributed by atoms with Crippen LogP contribution in [-0.2, 0) is 4.79 Å². The SMILES string of the molecule is Cc1ccc(OC(C)C(=O)Nc2nc3ccc(Cl)cc3s2)cc1C. The van der Waals surface area contributed by atoms with E-state index in [-0.39, 0.29) is 5.91 Å². The largest absolute Gasteiger partial charge is 0.481 e. The molecule has 0 spiro atoms. The van der Waals surface area contributed by atoms with Gasteiger partial charge in [-0.15, -0.1) is 0 Å². The number of thiazole rings is 1.